The molecule has 0 bridgehead atoms. The summed E-state index contributed by atoms with van der Waals surface area (Å²) in [6.07, 6.45) is 1.11. The summed E-state index contributed by atoms with van der Waals surface area (Å²) in [5.74, 6) is 5.58. The first-order chi connectivity index (χ1) is 8.70. The molecule has 0 spiro atoms. The Balaban J connectivity index is 2.01. The zero-order chi connectivity index (χ0) is 13.0. The van der Waals surface area contributed by atoms with Crippen LogP contribution in [-0.4, -0.2) is 28.4 Å². The van der Waals surface area contributed by atoms with E-state index in [4.69, 9.17) is 5.11 Å². The Morgan fingerprint density at radius 2 is 2.00 bits per heavy atom. The predicted molar refractivity (Wildman–Crippen MR) is 67.7 cm³/mol. The highest BCUT2D eigenvalue weighted by Gasteiger charge is 2.28. The molecular formula is C13H13NO3S. The van der Waals surface area contributed by atoms with Crippen LogP contribution in [0, 0.1) is 11.8 Å². The van der Waals surface area contributed by atoms with Crippen LogP contribution in [-0.2, 0) is 16.1 Å². The van der Waals surface area contributed by atoms with Crippen molar-refractivity contribution < 1.29 is 14.7 Å². The van der Waals surface area contributed by atoms with E-state index in [-0.39, 0.29) is 18.4 Å². The van der Waals surface area contributed by atoms with Gasteiger partial charge in [0.2, 0.25) is 11.8 Å². The number of imide groups is 1. The first-order valence-electron chi connectivity index (χ1n) is 5.72. The van der Waals surface area contributed by atoms with Gasteiger partial charge in [-0.3, -0.25) is 14.5 Å². The van der Waals surface area contributed by atoms with Gasteiger partial charge in [0, 0.05) is 24.1 Å². The highest BCUT2D eigenvalue weighted by atomic mass is 32.1. The fourth-order valence-corrected chi connectivity index (χ4v) is 2.56. The van der Waals surface area contributed by atoms with Crippen LogP contribution in [0.5, 0.6) is 0 Å². The quantitative estimate of drug-likeness (QED) is 0.657. The van der Waals surface area contributed by atoms with Gasteiger partial charge in [-0.2, -0.15) is 0 Å². The van der Waals surface area contributed by atoms with Crippen LogP contribution in [0.2, 0.25) is 0 Å². The van der Waals surface area contributed by atoms with Crippen LogP contribution in [0.4, 0.5) is 0 Å². The third kappa shape index (κ3) is 2.97. The van der Waals surface area contributed by atoms with Crippen LogP contribution < -0.4 is 0 Å². The number of aliphatic hydroxyl groups is 1. The highest BCUT2D eigenvalue weighted by molar-refractivity contribution is 7.12. The molecule has 0 unspecified atom stereocenters. The van der Waals surface area contributed by atoms with E-state index in [0.29, 0.717) is 25.8 Å². The van der Waals surface area contributed by atoms with E-state index >= 15 is 0 Å². The zero-order valence-corrected chi connectivity index (χ0v) is 10.6. The van der Waals surface area contributed by atoms with Gasteiger partial charge >= 0.3 is 0 Å². The molecule has 2 rings (SSSR count). The summed E-state index contributed by atoms with van der Waals surface area (Å²) in [6, 6.07) is 3.75. The van der Waals surface area contributed by atoms with E-state index in [1.807, 2.05) is 12.1 Å². The lowest BCUT2D eigenvalue weighted by Gasteiger charge is -2.11. The molecule has 18 heavy (non-hydrogen) atoms. The van der Waals surface area contributed by atoms with E-state index in [1.54, 1.807) is 0 Å². The molecule has 1 aliphatic rings. The molecule has 1 aliphatic heterocycles. The molecule has 1 aromatic heterocycles. The number of hydrogen-bond donors (Lipinski definition) is 1. The van der Waals surface area contributed by atoms with Crippen LogP contribution in [0.3, 0.4) is 0 Å². The number of thiophene rings is 1. The molecule has 1 N–H and O–H groups in total. The lowest BCUT2D eigenvalue weighted by atomic mass is 10.4. The van der Waals surface area contributed by atoms with Gasteiger partial charge in [0.1, 0.15) is 0 Å². The molecule has 94 valence electrons. The molecular weight excluding hydrogens is 250 g/mol. The van der Waals surface area contributed by atoms with Gasteiger partial charge in [0.05, 0.1) is 18.0 Å². The third-order valence-corrected chi connectivity index (χ3v) is 3.56. The first-order valence-corrected chi connectivity index (χ1v) is 6.54. The standard InChI is InChI=1S/C13H13NO3S/c15-8-2-1-3-10-4-5-11(18-10)9-14-12(16)6-7-13(14)17/h4-5,15H,2,6-9H2. The Morgan fingerprint density at radius 1 is 1.28 bits per heavy atom. The lowest BCUT2D eigenvalue weighted by molar-refractivity contribution is -0.138. The molecule has 2 heterocycles. The maximum Gasteiger partial charge on any atom is 0.230 e. The molecule has 4 nitrogen and oxygen atoms in total. The lowest BCUT2D eigenvalue weighted by Crippen LogP contribution is -2.27. The second-order valence-corrected chi connectivity index (χ2v) is 5.08. The molecule has 0 atom stereocenters. The summed E-state index contributed by atoms with van der Waals surface area (Å²) in [4.78, 5) is 26.1. The predicted octanol–water partition coefficient (Wildman–Crippen LogP) is 1.13. The monoisotopic (exact) mass is 263 g/mol. The molecule has 5 heteroatoms. The second kappa shape index (κ2) is 5.80. The van der Waals surface area contributed by atoms with Gasteiger partial charge in [-0.1, -0.05) is 11.8 Å². The number of hydrogen-bond acceptors (Lipinski definition) is 4. The fourth-order valence-electron chi connectivity index (χ4n) is 1.69. The van der Waals surface area contributed by atoms with Gasteiger partial charge in [-0.25, -0.2) is 0 Å². The minimum Gasteiger partial charge on any atom is -0.395 e. The Labute approximate surface area is 109 Å². The molecule has 0 aromatic carbocycles. The Kier molecular flexibility index (Phi) is 4.13. The number of rotatable bonds is 3. The Hall–Kier alpha value is -1.64. The number of carbonyl (C=O) groups excluding carboxylic acids is 2. The average molecular weight is 263 g/mol. The number of aliphatic hydroxyl groups excluding tert-OH is 1. The van der Waals surface area contributed by atoms with Crippen molar-refractivity contribution in [2.24, 2.45) is 0 Å². The minimum atomic E-state index is -0.0960. The summed E-state index contributed by atoms with van der Waals surface area (Å²) < 4.78 is 0. The molecule has 0 radical (unpaired) electrons. The SMILES string of the molecule is O=C1CCC(=O)N1Cc1ccc(C#CCCO)s1. The van der Waals surface area contributed by atoms with Crippen molar-refractivity contribution in [3.05, 3.63) is 21.9 Å². The fraction of sp³-hybridized carbons (Fsp3) is 0.385. The normalized spacial score (nSPS) is 14.8. The minimum absolute atomic E-state index is 0.0576. The van der Waals surface area contributed by atoms with Gasteiger partial charge in [-0.15, -0.1) is 11.3 Å². The van der Waals surface area contributed by atoms with Crippen molar-refractivity contribution in [1.82, 2.24) is 4.90 Å². The third-order valence-electron chi connectivity index (χ3n) is 2.58. The molecule has 1 aromatic rings. The average Bonchev–Trinajstić information content (AvgIpc) is 2.92. The molecule has 2 amide bonds. The van der Waals surface area contributed by atoms with Crippen LogP contribution in [0.15, 0.2) is 12.1 Å². The van der Waals surface area contributed by atoms with Gasteiger partial charge in [0.25, 0.3) is 0 Å². The maximum atomic E-state index is 11.5. The maximum absolute atomic E-state index is 11.5. The summed E-state index contributed by atoms with van der Waals surface area (Å²) in [5, 5.41) is 8.62. The van der Waals surface area contributed by atoms with E-state index in [9.17, 15) is 9.59 Å². The van der Waals surface area contributed by atoms with E-state index in [2.05, 4.69) is 11.8 Å². The van der Waals surface area contributed by atoms with Crippen molar-refractivity contribution in [1.29, 1.82) is 0 Å². The van der Waals surface area contributed by atoms with Gasteiger partial charge < -0.3 is 5.11 Å². The molecule has 0 aliphatic carbocycles. The van der Waals surface area contributed by atoms with Gasteiger partial charge in [-0.05, 0) is 12.1 Å². The number of nitrogens with zero attached hydrogens (tertiary/aromatic N) is 1. The molecule has 0 saturated carbocycles. The Morgan fingerprint density at radius 3 is 2.67 bits per heavy atom. The smallest absolute Gasteiger partial charge is 0.230 e. The number of likely N-dealkylation sites (tertiary alicyclic amines) is 1. The number of carbonyl (C=O) groups is 2. The first kappa shape index (κ1) is 12.8. The van der Waals surface area contributed by atoms with E-state index in [1.165, 1.54) is 16.2 Å². The van der Waals surface area contributed by atoms with Crippen LogP contribution in [0.25, 0.3) is 0 Å². The van der Waals surface area contributed by atoms with Crippen molar-refractivity contribution in [3.63, 3.8) is 0 Å². The van der Waals surface area contributed by atoms with Crippen molar-refractivity contribution in [2.45, 2.75) is 25.8 Å². The highest BCUT2D eigenvalue weighted by Crippen LogP contribution is 2.21. The topological polar surface area (TPSA) is 57.6 Å². The number of amides is 2. The van der Waals surface area contributed by atoms with E-state index < -0.39 is 0 Å². The van der Waals surface area contributed by atoms with Crippen LogP contribution in [0.1, 0.15) is 29.0 Å². The van der Waals surface area contributed by atoms with Gasteiger partial charge in [0.15, 0.2) is 0 Å². The summed E-state index contributed by atoms with van der Waals surface area (Å²) >= 11 is 1.47. The Bertz CT molecular complexity index is 508. The zero-order valence-electron chi connectivity index (χ0n) is 9.81. The van der Waals surface area contributed by atoms with Crippen molar-refractivity contribution >= 4 is 23.2 Å². The molecule has 1 saturated heterocycles. The summed E-state index contributed by atoms with van der Waals surface area (Å²) in [7, 11) is 0. The largest absolute Gasteiger partial charge is 0.395 e. The molecule has 1 fully saturated rings. The van der Waals surface area contributed by atoms with E-state index in [0.717, 1.165) is 9.75 Å². The van der Waals surface area contributed by atoms with Crippen LogP contribution >= 0.6 is 11.3 Å². The summed E-state index contributed by atoms with van der Waals surface area (Å²) in [5.41, 5.74) is 0. The summed E-state index contributed by atoms with van der Waals surface area (Å²) in [6.45, 7) is 0.409. The van der Waals surface area contributed by atoms with Crippen molar-refractivity contribution in [3.8, 4) is 11.8 Å². The second-order valence-electron chi connectivity index (χ2n) is 3.91. The van der Waals surface area contributed by atoms with Crippen molar-refractivity contribution in [2.75, 3.05) is 6.61 Å².